The van der Waals surface area contributed by atoms with E-state index in [-0.39, 0.29) is 11.9 Å². The molecule has 1 atom stereocenters. The lowest BCUT2D eigenvalue weighted by Crippen LogP contribution is -2.10. The Labute approximate surface area is 108 Å². The van der Waals surface area contributed by atoms with E-state index >= 15 is 0 Å². The quantitative estimate of drug-likeness (QED) is 0.582. The highest BCUT2D eigenvalue weighted by atomic mass is 19.1. The molecule has 9 heteroatoms. The number of alkyl halides is 1. The zero-order valence-corrected chi connectivity index (χ0v) is 10.3. The zero-order chi connectivity index (χ0) is 13.8. The van der Waals surface area contributed by atoms with Gasteiger partial charge >= 0.3 is 5.82 Å². The smallest absolute Gasteiger partial charge is 0.358 e. The Morgan fingerprint density at radius 3 is 2.89 bits per heavy atom. The van der Waals surface area contributed by atoms with Crippen LogP contribution in [0.2, 0.25) is 0 Å². The summed E-state index contributed by atoms with van der Waals surface area (Å²) in [5.41, 5.74) is 0.596. The summed E-state index contributed by atoms with van der Waals surface area (Å²) in [5, 5.41) is 18.3. The van der Waals surface area contributed by atoms with E-state index in [4.69, 9.17) is 0 Å². The van der Waals surface area contributed by atoms with E-state index in [0.717, 1.165) is 0 Å². The lowest BCUT2D eigenvalue weighted by molar-refractivity contribution is -0.389. The van der Waals surface area contributed by atoms with Gasteiger partial charge in [0.25, 0.3) is 0 Å². The normalized spacial score (nSPS) is 12.5. The van der Waals surface area contributed by atoms with Crippen LogP contribution in [-0.2, 0) is 6.54 Å². The van der Waals surface area contributed by atoms with Crippen LogP contribution in [0.1, 0.15) is 25.1 Å². The first-order valence-electron chi connectivity index (χ1n) is 5.76. The van der Waals surface area contributed by atoms with Crippen LogP contribution in [-0.4, -0.2) is 36.1 Å². The van der Waals surface area contributed by atoms with E-state index in [9.17, 15) is 14.5 Å². The minimum absolute atomic E-state index is 0.220. The Kier molecular flexibility index (Phi) is 3.83. The first kappa shape index (κ1) is 13.1. The third-order valence-corrected chi connectivity index (χ3v) is 2.73. The number of imidazole rings is 1. The maximum Gasteiger partial charge on any atom is 0.381 e. The monoisotopic (exact) mass is 268 g/mol. The number of hydrogen-bond acceptors (Lipinski definition) is 5. The molecule has 0 aromatic carbocycles. The zero-order valence-electron chi connectivity index (χ0n) is 10.3. The van der Waals surface area contributed by atoms with Crippen LogP contribution in [0.25, 0.3) is 0 Å². The van der Waals surface area contributed by atoms with Crippen molar-refractivity contribution in [1.82, 2.24) is 24.5 Å². The summed E-state index contributed by atoms with van der Waals surface area (Å²) in [6, 6.07) is -0.321. The van der Waals surface area contributed by atoms with Gasteiger partial charge in [0.05, 0.1) is 18.8 Å². The lowest BCUT2D eigenvalue weighted by atomic mass is 10.2. The van der Waals surface area contributed by atoms with E-state index in [1.807, 2.05) is 6.92 Å². The molecule has 2 aromatic heterocycles. The van der Waals surface area contributed by atoms with Gasteiger partial charge in [-0.25, -0.2) is 9.07 Å². The molecule has 0 aliphatic carbocycles. The van der Waals surface area contributed by atoms with Gasteiger partial charge < -0.3 is 14.7 Å². The summed E-state index contributed by atoms with van der Waals surface area (Å²) in [6.45, 7) is 1.67. The van der Waals surface area contributed by atoms with Crippen molar-refractivity contribution in [2.24, 2.45) is 0 Å². The van der Waals surface area contributed by atoms with Crippen molar-refractivity contribution < 1.29 is 9.31 Å². The number of nitrogens with zero attached hydrogens (tertiary/aromatic N) is 6. The fraction of sp³-hybridized carbons (Fsp3) is 0.500. The van der Waals surface area contributed by atoms with Crippen LogP contribution >= 0.6 is 0 Å². The molecule has 8 nitrogen and oxygen atoms in total. The van der Waals surface area contributed by atoms with Crippen molar-refractivity contribution in [2.75, 3.05) is 6.67 Å². The topological polar surface area (TPSA) is 91.7 Å². The molecule has 102 valence electrons. The molecule has 0 amide bonds. The third kappa shape index (κ3) is 2.92. The summed E-state index contributed by atoms with van der Waals surface area (Å²) in [4.78, 5) is 13.6. The summed E-state index contributed by atoms with van der Waals surface area (Å²) >= 11 is 0. The van der Waals surface area contributed by atoms with Gasteiger partial charge in [0.2, 0.25) is 6.33 Å². The Bertz CT molecular complexity index is 562. The summed E-state index contributed by atoms with van der Waals surface area (Å²) in [7, 11) is 0. The molecule has 0 N–H and O–H groups in total. The van der Waals surface area contributed by atoms with Gasteiger partial charge in [-0.05, 0) is 16.3 Å². The minimum Gasteiger partial charge on any atom is -0.358 e. The highest BCUT2D eigenvalue weighted by Crippen LogP contribution is 2.12. The molecule has 19 heavy (non-hydrogen) atoms. The fourth-order valence-corrected chi connectivity index (χ4v) is 1.65. The molecule has 0 saturated heterocycles. The van der Waals surface area contributed by atoms with E-state index in [1.165, 1.54) is 21.8 Å². The fourth-order valence-electron chi connectivity index (χ4n) is 1.65. The predicted octanol–water partition coefficient (Wildman–Crippen LogP) is 1.35. The lowest BCUT2D eigenvalue weighted by Gasteiger charge is -2.08. The van der Waals surface area contributed by atoms with Crippen molar-refractivity contribution in [3.8, 4) is 0 Å². The van der Waals surface area contributed by atoms with Crippen molar-refractivity contribution in [2.45, 2.75) is 25.9 Å². The van der Waals surface area contributed by atoms with Gasteiger partial charge in [-0.15, -0.1) is 5.10 Å². The van der Waals surface area contributed by atoms with E-state index in [1.54, 1.807) is 6.20 Å². The van der Waals surface area contributed by atoms with Crippen molar-refractivity contribution >= 4 is 5.82 Å². The molecule has 0 aliphatic heterocycles. The average molecular weight is 268 g/mol. The van der Waals surface area contributed by atoms with Crippen LogP contribution in [0.15, 0.2) is 18.7 Å². The first-order chi connectivity index (χ1) is 9.13. The maximum absolute atomic E-state index is 12.7. The highest BCUT2D eigenvalue weighted by Gasteiger charge is 2.13. The molecular weight excluding hydrogens is 255 g/mol. The maximum atomic E-state index is 12.7. The first-order valence-corrected chi connectivity index (χ1v) is 5.76. The number of aromatic nitrogens is 5. The molecule has 0 bridgehead atoms. The third-order valence-electron chi connectivity index (χ3n) is 2.73. The van der Waals surface area contributed by atoms with Gasteiger partial charge in [0.1, 0.15) is 18.6 Å². The van der Waals surface area contributed by atoms with Crippen LogP contribution in [0.4, 0.5) is 10.2 Å². The van der Waals surface area contributed by atoms with E-state index in [0.29, 0.717) is 18.7 Å². The molecular formula is C10H13FN6O2. The Balaban J connectivity index is 2.08. The predicted molar refractivity (Wildman–Crippen MR) is 63.3 cm³/mol. The van der Waals surface area contributed by atoms with Crippen LogP contribution in [0.3, 0.4) is 0 Å². The summed E-state index contributed by atoms with van der Waals surface area (Å²) in [5.74, 6) is -0.220. The van der Waals surface area contributed by atoms with Gasteiger partial charge in [0.15, 0.2) is 0 Å². The van der Waals surface area contributed by atoms with Gasteiger partial charge in [0, 0.05) is 0 Å². The van der Waals surface area contributed by atoms with Gasteiger partial charge in [-0.1, -0.05) is 12.1 Å². The highest BCUT2D eigenvalue weighted by molar-refractivity contribution is 5.13. The minimum atomic E-state index is -0.566. The van der Waals surface area contributed by atoms with Crippen molar-refractivity contribution in [1.29, 1.82) is 0 Å². The van der Waals surface area contributed by atoms with Gasteiger partial charge in [-0.2, -0.15) is 0 Å². The SMILES string of the molecule is CCC(CF)n1cc(Cn2cnc([N+](=O)[O-])c2)nn1. The largest absolute Gasteiger partial charge is 0.381 e. The van der Waals surface area contributed by atoms with Crippen LogP contribution < -0.4 is 0 Å². The second kappa shape index (κ2) is 5.55. The second-order valence-electron chi connectivity index (χ2n) is 4.07. The molecule has 2 heterocycles. The molecule has 0 aliphatic rings. The molecule has 0 saturated carbocycles. The Morgan fingerprint density at radius 1 is 1.53 bits per heavy atom. The molecule has 2 rings (SSSR count). The average Bonchev–Trinajstić information content (AvgIpc) is 3.01. The molecule has 2 aromatic rings. The number of rotatable bonds is 6. The molecule has 0 fully saturated rings. The van der Waals surface area contributed by atoms with E-state index in [2.05, 4.69) is 15.3 Å². The molecule has 0 radical (unpaired) electrons. The molecule has 0 spiro atoms. The van der Waals surface area contributed by atoms with Crippen molar-refractivity contribution in [3.05, 3.63) is 34.5 Å². The number of hydrogen-bond donors (Lipinski definition) is 0. The molecule has 1 unspecified atom stereocenters. The Hall–Kier alpha value is -2.32. The van der Waals surface area contributed by atoms with Crippen molar-refractivity contribution in [3.63, 3.8) is 0 Å². The standard InChI is InChI=1S/C10H13FN6O2/c1-2-9(3-11)16-5-8(13-14-16)4-15-6-10(12-7-15)17(18)19/h5-7,9H,2-4H2,1H3. The van der Waals surface area contributed by atoms with Gasteiger partial charge in [-0.3, -0.25) is 0 Å². The number of nitro groups is 1. The Morgan fingerprint density at radius 2 is 2.32 bits per heavy atom. The number of halogens is 1. The van der Waals surface area contributed by atoms with E-state index < -0.39 is 11.6 Å². The summed E-state index contributed by atoms with van der Waals surface area (Å²) in [6.07, 6.45) is 4.92. The van der Waals surface area contributed by atoms with Crippen LogP contribution in [0, 0.1) is 10.1 Å². The van der Waals surface area contributed by atoms with Crippen LogP contribution in [0.5, 0.6) is 0 Å². The summed E-state index contributed by atoms with van der Waals surface area (Å²) < 4.78 is 15.7. The second-order valence-corrected chi connectivity index (χ2v) is 4.07.